The number of carbonyl (C=O) groups excluding carboxylic acids is 2. The fourth-order valence-electron chi connectivity index (χ4n) is 3.21. The van der Waals surface area contributed by atoms with Gasteiger partial charge in [0.2, 0.25) is 5.89 Å². The van der Waals surface area contributed by atoms with Crippen LogP contribution in [-0.4, -0.2) is 21.8 Å². The Bertz CT molecular complexity index is 1130. The number of carbonyl (C=O) groups is 2. The first-order chi connectivity index (χ1) is 13.8. The second kappa shape index (κ2) is 7.37. The van der Waals surface area contributed by atoms with Gasteiger partial charge in [-0.3, -0.25) is 9.69 Å². The van der Waals surface area contributed by atoms with E-state index >= 15 is 0 Å². The summed E-state index contributed by atoms with van der Waals surface area (Å²) in [7, 11) is 0. The molecule has 4 rings (SSSR count). The van der Waals surface area contributed by atoms with E-state index in [-0.39, 0.29) is 6.54 Å². The molecular weight excluding hydrogens is 437 g/mol. The monoisotopic (exact) mass is 449 g/mol. The van der Waals surface area contributed by atoms with Crippen LogP contribution in [0.4, 0.5) is 4.79 Å². The van der Waals surface area contributed by atoms with Gasteiger partial charge in [0, 0.05) is 26.2 Å². The summed E-state index contributed by atoms with van der Waals surface area (Å²) in [6.07, 6.45) is 1.40. The van der Waals surface area contributed by atoms with Crippen LogP contribution in [0.5, 0.6) is 0 Å². The van der Waals surface area contributed by atoms with Gasteiger partial charge in [-0.05, 0) is 37.3 Å². The summed E-state index contributed by atoms with van der Waals surface area (Å²) < 4.78 is 5.48. The third-order valence-corrected chi connectivity index (χ3v) is 5.47. The molecule has 9 heteroatoms. The van der Waals surface area contributed by atoms with Crippen molar-refractivity contribution in [1.29, 1.82) is 0 Å². The van der Waals surface area contributed by atoms with Gasteiger partial charge in [0.05, 0.1) is 12.2 Å². The van der Waals surface area contributed by atoms with Crippen molar-refractivity contribution in [2.24, 2.45) is 0 Å². The minimum absolute atomic E-state index is 0.0461. The van der Waals surface area contributed by atoms with E-state index in [0.717, 1.165) is 4.90 Å². The zero-order chi connectivity index (χ0) is 20.8. The molecule has 0 saturated carbocycles. The lowest BCUT2D eigenvalue weighted by atomic mass is 9.92. The predicted molar refractivity (Wildman–Crippen MR) is 110 cm³/mol. The van der Waals surface area contributed by atoms with E-state index in [1.807, 2.05) is 0 Å². The van der Waals surface area contributed by atoms with Crippen molar-refractivity contribution in [3.05, 3.63) is 75.1 Å². The van der Waals surface area contributed by atoms with E-state index in [1.54, 1.807) is 43.3 Å². The van der Waals surface area contributed by atoms with Crippen LogP contribution in [0, 0.1) is 0 Å². The van der Waals surface area contributed by atoms with Gasteiger partial charge in [0.25, 0.3) is 5.91 Å². The zero-order valence-corrected chi connectivity index (χ0v) is 17.3. The molecule has 2 aromatic carbocycles. The summed E-state index contributed by atoms with van der Waals surface area (Å²) in [5.41, 5.74) is 0.274. The maximum absolute atomic E-state index is 13.1. The van der Waals surface area contributed by atoms with E-state index in [4.69, 9.17) is 39.2 Å². The minimum Gasteiger partial charge on any atom is -0.444 e. The Morgan fingerprint density at radius 2 is 1.86 bits per heavy atom. The first kappa shape index (κ1) is 19.8. The molecular formula is C20H14Cl3N3O3. The highest BCUT2D eigenvalue weighted by molar-refractivity contribution is 6.35. The largest absolute Gasteiger partial charge is 0.444 e. The molecule has 2 heterocycles. The summed E-state index contributed by atoms with van der Waals surface area (Å²) in [6.45, 7) is 1.55. The molecule has 0 aliphatic carbocycles. The van der Waals surface area contributed by atoms with Gasteiger partial charge in [-0.1, -0.05) is 46.9 Å². The van der Waals surface area contributed by atoms with Gasteiger partial charge < -0.3 is 9.73 Å². The minimum atomic E-state index is -1.31. The molecule has 0 radical (unpaired) electrons. The molecule has 3 aromatic rings. The van der Waals surface area contributed by atoms with E-state index in [2.05, 4.69) is 10.3 Å². The lowest BCUT2D eigenvalue weighted by molar-refractivity contribution is -0.131. The number of aromatic nitrogens is 1. The number of hydrogen-bond donors (Lipinski definition) is 1. The molecule has 1 N–H and O–H groups in total. The van der Waals surface area contributed by atoms with Crippen LogP contribution in [0.25, 0.3) is 11.5 Å². The highest BCUT2D eigenvalue weighted by Crippen LogP contribution is 2.35. The number of oxazole rings is 1. The number of urea groups is 1. The Balaban J connectivity index is 1.59. The van der Waals surface area contributed by atoms with Crippen LogP contribution in [0.15, 0.2) is 53.1 Å². The molecule has 148 valence electrons. The topological polar surface area (TPSA) is 75.4 Å². The van der Waals surface area contributed by atoms with E-state index in [1.165, 1.54) is 12.3 Å². The number of nitrogens with one attached hydrogen (secondary N) is 1. The Kier molecular flexibility index (Phi) is 5.02. The van der Waals surface area contributed by atoms with Crippen molar-refractivity contribution in [2.75, 3.05) is 0 Å². The van der Waals surface area contributed by atoms with Gasteiger partial charge in [-0.2, -0.15) is 0 Å². The lowest BCUT2D eigenvalue weighted by Crippen LogP contribution is -2.41. The second-order valence-corrected chi connectivity index (χ2v) is 8.01. The summed E-state index contributed by atoms with van der Waals surface area (Å²) in [6, 6.07) is 11.3. The highest BCUT2D eigenvalue weighted by Gasteiger charge is 2.50. The maximum atomic E-state index is 13.1. The second-order valence-electron chi connectivity index (χ2n) is 6.72. The number of rotatable bonds is 4. The molecule has 0 bridgehead atoms. The summed E-state index contributed by atoms with van der Waals surface area (Å²) in [5, 5.41) is 3.98. The molecule has 3 amide bonds. The maximum Gasteiger partial charge on any atom is 0.325 e. The number of benzene rings is 2. The van der Waals surface area contributed by atoms with Crippen LogP contribution < -0.4 is 5.32 Å². The van der Waals surface area contributed by atoms with Crippen LogP contribution in [0.1, 0.15) is 18.2 Å². The molecule has 0 spiro atoms. The molecule has 1 aromatic heterocycles. The molecule has 6 nitrogen and oxygen atoms in total. The van der Waals surface area contributed by atoms with Crippen LogP contribution in [0.2, 0.25) is 15.1 Å². The molecule has 1 fully saturated rings. The standard InChI is InChI=1S/C20H14Cl3N3O3/c1-20(15-6-5-13(22)8-16(15)23)18(27)26(19(28)25-20)9-14-10-29-17(24-14)11-3-2-4-12(21)7-11/h2-8,10H,9H2,1H3,(H,25,28). The molecule has 1 aliphatic rings. The average Bonchev–Trinajstić information content (AvgIpc) is 3.21. The summed E-state index contributed by atoms with van der Waals surface area (Å²) in [4.78, 5) is 31.0. The zero-order valence-electron chi connectivity index (χ0n) is 15.1. The molecule has 1 aliphatic heterocycles. The molecule has 1 saturated heterocycles. The van der Waals surface area contributed by atoms with Crippen molar-refractivity contribution in [3.63, 3.8) is 0 Å². The molecule has 1 atom stereocenters. The SMILES string of the molecule is CC1(c2ccc(Cl)cc2Cl)NC(=O)N(Cc2coc(-c3cccc(Cl)c3)n2)C1=O. The Morgan fingerprint density at radius 1 is 1.10 bits per heavy atom. The van der Waals surface area contributed by atoms with Crippen molar-refractivity contribution in [2.45, 2.75) is 19.0 Å². The molecule has 29 heavy (non-hydrogen) atoms. The van der Waals surface area contributed by atoms with Crippen molar-refractivity contribution >= 4 is 46.7 Å². The van der Waals surface area contributed by atoms with E-state index in [9.17, 15) is 9.59 Å². The summed E-state index contributed by atoms with van der Waals surface area (Å²) in [5.74, 6) is -0.0999. The normalized spacial score (nSPS) is 19.0. The number of halogens is 3. The number of nitrogens with zero attached hydrogens (tertiary/aromatic N) is 2. The molecule has 1 unspecified atom stereocenters. The van der Waals surface area contributed by atoms with Crippen LogP contribution in [-0.2, 0) is 16.9 Å². The van der Waals surface area contributed by atoms with E-state index in [0.29, 0.717) is 37.8 Å². The van der Waals surface area contributed by atoms with Gasteiger partial charge in [0.15, 0.2) is 0 Å². The quantitative estimate of drug-likeness (QED) is 0.550. The van der Waals surface area contributed by atoms with Gasteiger partial charge >= 0.3 is 6.03 Å². The first-order valence-electron chi connectivity index (χ1n) is 8.58. The Labute approximate surface area is 181 Å². The Morgan fingerprint density at radius 3 is 2.59 bits per heavy atom. The smallest absolute Gasteiger partial charge is 0.325 e. The average molecular weight is 451 g/mol. The van der Waals surface area contributed by atoms with Crippen molar-refractivity contribution in [3.8, 4) is 11.5 Å². The fourth-order valence-corrected chi connectivity index (χ4v) is 4.00. The third-order valence-electron chi connectivity index (χ3n) is 4.69. The Hall–Kier alpha value is -2.54. The van der Waals surface area contributed by atoms with Gasteiger partial charge in [-0.15, -0.1) is 0 Å². The third kappa shape index (κ3) is 3.59. The number of imide groups is 1. The highest BCUT2D eigenvalue weighted by atomic mass is 35.5. The van der Waals surface area contributed by atoms with Gasteiger partial charge in [0.1, 0.15) is 11.8 Å². The van der Waals surface area contributed by atoms with Crippen molar-refractivity contribution < 1.29 is 14.0 Å². The number of amides is 3. The summed E-state index contributed by atoms with van der Waals surface area (Å²) >= 11 is 18.2. The number of hydrogen-bond acceptors (Lipinski definition) is 4. The first-order valence-corrected chi connectivity index (χ1v) is 9.71. The fraction of sp³-hybridized carbons (Fsp3) is 0.150. The van der Waals surface area contributed by atoms with Crippen molar-refractivity contribution in [1.82, 2.24) is 15.2 Å². The van der Waals surface area contributed by atoms with Gasteiger partial charge in [-0.25, -0.2) is 9.78 Å². The van der Waals surface area contributed by atoms with E-state index < -0.39 is 17.5 Å². The van der Waals surface area contributed by atoms with Crippen LogP contribution in [0.3, 0.4) is 0 Å². The predicted octanol–water partition coefficient (Wildman–Crippen LogP) is 5.27. The lowest BCUT2D eigenvalue weighted by Gasteiger charge is -2.23. The van der Waals surface area contributed by atoms with Crippen LogP contribution >= 0.6 is 34.8 Å².